The number of amides is 2. The van der Waals surface area contributed by atoms with Crippen molar-refractivity contribution in [1.29, 1.82) is 0 Å². The molecule has 3 aromatic rings. The number of hydrogen-bond acceptors (Lipinski definition) is 4. The molecular formula is C29H30ClN3O4S. The molecule has 0 bridgehead atoms. The second kappa shape index (κ2) is 11.3. The number of halogens is 1. The minimum Gasteiger partial charge on any atom is -0.352 e. The fraction of sp³-hybridized carbons (Fsp3) is 0.310. The third kappa shape index (κ3) is 5.77. The standard InChI is InChI=1S/C29H30ClN3O4S/c30-26-9-5-4-8-25(26)20-12-16-24(17-13-20)38(36,37)32-23-14-10-22(11-15-23)29(35)33-19-28(34)31-18-27(33)21-6-2-1-3-7-21/h1-9,12-13,16-17,22-23,27,32H,10-11,14-15,18-19H2,(H,31,34)/t22-,23-,27-/m1/s1. The molecule has 2 N–H and O–H groups in total. The summed E-state index contributed by atoms with van der Waals surface area (Å²) < 4.78 is 28.9. The summed E-state index contributed by atoms with van der Waals surface area (Å²) in [6, 6.07) is 23.4. The Hall–Kier alpha value is -3.20. The van der Waals surface area contributed by atoms with Crippen LogP contribution in [0, 0.1) is 5.92 Å². The molecule has 5 rings (SSSR count). The Labute approximate surface area is 228 Å². The third-order valence-corrected chi connectivity index (χ3v) is 9.26. The number of sulfonamides is 1. The van der Waals surface area contributed by atoms with Crippen LogP contribution in [0.5, 0.6) is 0 Å². The fourth-order valence-electron chi connectivity index (χ4n) is 5.34. The van der Waals surface area contributed by atoms with Crippen LogP contribution in [0.3, 0.4) is 0 Å². The topological polar surface area (TPSA) is 95.6 Å². The molecule has 0 radical (unpaired) electrons. The van der Waals surface area contributed by atoms with Gasteiger partial charge in [-0.3, -0.25) is 9.59 Å². The maximum Gasteiger partial charge on any atom is 0.240 e. The van der Waals surface area contributed by atoms with Crippen molar-refractivity contribution in [3.63, 3.8) is 0 Å². The fourth-order valence-corrected chi connectivity index (χ4v) is 6.89. The number of nitrogens with zero attached hydrogens (tertiary/aromatic N) is 1. The van der Waals surface area contributed by atoms with Gasteiger partial charge in [0.15, 0.2) is 0 Å². The Bertz CT molecular complexity index is 1410. The van der Waals surface area contributed by atoms with E-state index in [-0.39, 0.29) is 41.3 Å². The van der Waals surface area contributed by atoms with Crippen LogP contribution in [0.15, 0.2) is 83.8 Å². The predicted molar refractivity (Wildman–Crippen MR) is 147 cm³/mol. The number of carbonyl (C=O) groups excluding carboxylic acids is 2. The second-order valence-corrected chi connectivity index (χ2v) is 12.0. The van der Waals surface area contributed by atoms with E-state index < -0.39 is 10.0 Å². The Morgan fingerprint density at radius 1 is 0.895 bits per heavy atom. The average Bonchev–Trinajstić information content (AvgIpc) is 2.94. The van der Waals surface area contributed by atoms with Crippen molar-refractivity contribution in [2.45, 2.75) is 42.7 Å². The van der Waals surface area contributed by atoms with E-state index in [4.69, 9.17) is 11.6 Å². The van der Waals surface area contributed by atoms with Crippen molar-refractivity contribution >= 4 is 33.4 Å². The summed E-state index contributed by atoms with van der Waals surface area (Å²) in [4.78, 5) is 27.5. The minimum atomic E-state index is -3.71. The summed E-state index contributed by atoms with van der Waals surface area (Å²) in [6.45, 7) is 0.425. The van der Waals surface area contributed by atoms with Gasteiger partial charge in [-0.1, -0.05) is 72.3 Å². The lowest BCUT2D eigenvalue weighted by Gasteiger charge is -2.39. The van der Waals surface area contributed by atoms with Gasteiger partial charge < -0.3 is 10.2 Å². The maximum absolute atomic E-state index is 13.5. The first kappa shape index (κ1) is 26.4. The molecule has 1 aliphatic heterocycles. The molecule has 0 spiro atoms. The molecule has 0 aromatic heterocycles. The van der Waals surface area contributed by atoms with Gasteiger partial charge in [-0.2, -0.15) is 0 Å². The van der Waals surface area contributed by atoms with E-state index >= 15 is 0 Å². The van der Waals surface area contributed by atoms with E-state index in [0.29, 0.717) is 37.3 Å². The first-order valence-corrected chi connectivity index (χ1v) is 14.7. The smallest absolute Gasteiger partial charge is 0.240 e. The molecule has 2 amide bonds. The van der Waals surface area contributed by atoms with Crippen LogP contribution in [0.2, 0.25) is 5.02 Å². The molecule has 198 valence electrons. The highest BCUT2D eigenvalue weighted by Gasteiger charge is 2.37. The molecule has 2 aliphatic rings. The van der Waals surface area contributed by atoms with E-state index in [2.05, 4.69) is 10.0 Å². The molecule has 7 nitrogen and oxygen atoms in total. The van der Waals surface area contributed by atoms with Gasteiger partial charge in [-0.05, 0) is 55.0 Å². The lowest BCUT2D eigenvalue weighted by molar-refractivity contribution is -0.145. The molecule has 1 aliphatic carbocycles. The zero-order chi connectivity index (χ0) is 26.7. The van der Waals surface area contributed by atoms with E-state index in [1.807, 2.05) is 48.5 Å². The molecule has 38 heavy (non-hydrogen) atoms. The number of benzene rings is 3. The Kier molecular flexibility index (Phi) is 7.83. The number of piperazine rings is 1. The molecule has 0 unspecified atom stereocenters. The molecule has 3 aromatic carbocycles. The van der Waals surface area contributed by atoms with Crippen molar-refractivity contribution in [2.75, 3.05) is 13.1 Å². The Balaban J connectivity index is 1.21. The average molecular weight is 552 g/mol. The highest BCUT2D eigenvalue weighted by atomic mass is 35.5. The Morgan fingerprint density at radius 2 is 1.55 bits per heavy atom. The van der Waals surface area contributed by atoms with Gasteiger partial charge in [-0.15, -0.1) is 0 Å². The van der Waals surface area contributed by atoms with Gasteiger partial charge in [-0.25, -0.2) is 13.1 Å². The zero-order valence-corrected chi connectivity index (χ0v) is 22.4. The van der Waals surface area contributed by atoms with Crippen LogP contribution >= 0.6 is 11.6 Å². The van der Waals surface area contributed by atoms with Crippen molar-refractivity contribution < 1.29 is 18.0 Å². The molecule has 9 heteroatoms. The van der Waals surface area contributed by atoms with Crippen molar-refractivity contribution in [2.24, 2.45) is 5.92 Å². The van der Waals surface area contributed by atoms with Gasteiger partial charge in [0.2, 0.25) is 21.8 Å². The summed E-state index contributed by atoms with van der Waals surface area (Å²) >= 11 is 6.27. The monoisotopic (exact) mass is 551 g/mol. The third-order valence-electron chi connectivity index (χ3n) is 7.40. The molecule has 1 atom stereocenters. The highest BCUT2D eigenvalue weighted by molar-refractivity contribution is 7.89. The van der Waals surface area contributed by atoms with Crippen molar-refractivity contribution in [1.82, 2.24) is 14.9 Å². The number of carbonyl (C=O) groups is 2. The maximum atomic E-state index is 13.5. The minimum absolute atomic E-state index is 0.0368. The van der Waals surface area contributed by atoms with Gasteiger partial charge in [0.25, 0.3) is 0 Å². The summed E-state index contributed by atoms with van der Waals surface area (Å²) in [5.74, 6) is -0.430. The second-order valence-electron chi connectivity index (χ2n) is 9.87. The van der Waals surface area contributed by atoms with Crippen LogP contribution in [0.1, 0.15) is 37.3 Å². The van der Waals surface area contributed by atoms with E-state index in [1.54, 1.807) is 35.2 Å². The van der Waals surface area contributed by atoms with Gasteiger partial charge >= 0.3 is 0 Å². The van der Waals surface area contributed by atoms with Crippen LogP contribution in [0.25, 0.3) is 11.1 Å². The van der Waals surface area contributed by atoms with E-state index in [0.717, 1.165) is 16.7 Å². The molecule has 1 saturated carbocycles. The summed E-state index contributed by atoms with van der Waals surface area (Å²) in [5, 5.41) is 3.47. The quantitative estimate of drug-likeness (QED) is 0.470. The van der Waals surface area contributed by atoms with Crippen LogP contribution in [-0.2, 0) is 19.6 Å². The molecule has 1 heterocycles. The zero-order valence-electron chi connectivity index (χ0n) is 20.8. The van der Waals surface area contributed by atoms with Gasteiger partial charge in [0, 0.05) is 29.1 Å². The number of hydrogen-bond donors (Lipinski definition) is 2. The summed E-state index contributed by atoms with van der Waals surface area (Å²) in [5.41, 5.74) is 2.67. The first-order chi connectivity index (χ1) is 18.3. The Morgan fingerprint density at radius 3 is 2.24 bits per heavy atom. The molecular weight excluding hydrogens is 522 g/mol. The van der Waals surface area contributed by atoms with E-state index in [1.165, 1.54) is 0 Å². The summed E-state index contributed by atoms with van der Waals surface area (Å²) in [6.07, 6.45) is 2.25. The van der Waals surface area contributed by atoms with Crippen molar-refractivity contribution in [3.8, 4) is 11.1 Å². The SMILES string of the molecule is O=C1CN(C(=O)[C@H]2CC[C@H](NS(=O)(=O)c3ccc(-c4ccccc4Cl)cc3)CC2)[C@@H](c2ccccc2)CN1. The van der Waals surface area contributed by atoms with Crippen LogP contribution in [0.4, 0.5) is 0 Å². The van der Waals surface area contributed by atoms with Gasteiger partial charge in [0.05, 0.1) is 10.9 Å². The van der Waals surface area contributed by atoms with Crippen molar-refractivity contribution in [3.05, 3.63) is 89.4 Å². The largest absolute Gasteiger partial charge is 0.352 e. The first-order valence-electron chi connectivity index (χ1n) is 12.8. The van der Waals surface area contributed by atoms with E-state index in [9.17, 15) is 18.0 Å². The lowest BCUT2D eigenvalue weighted by Crippen LogP contribution is -2.54. The number of nitrogens with one attached hydrogen (secondary N) is 2. The van der Waals surface area contributed by atoms with Crippen LogP contribution < -0.4 is 10.0 Å². The van der Waals surface area contributed by atoms with Crippen LogP contribution in [-0.4, -0.2) is 44.3 Å². The lowest BCUT2D eigenvalue weighted by atomic mass is 9.85. The summed E-state index contributed by atoms with van der Waals surface area (Å²) in [7, 11) is -3.71. The number of rotatable bonds is 6. The normalized spacial score (nSPS) is 22.1. The van der Waals surface area contributed by atoms with Gasteiger partial charge in [0.1, 0.15) is 6.54 Å². The highest BCUT2D eigenvalue weighted by Crippen LogP contribution is 2.32. The molecule has 1 saturated heterocycles. The molecule has 2 fully saturated rings. The predicted octanol–water partition coefficient (Wildman–Crippen LogP) is 4.54.